The molecule has 0 amide bonds. The van der Waals surface area contributed by atoms with Crippen molar-refractivity contribution in [1.29, 1.82) is 0 Å². The Morgan fingerprint density at radius 3 is 2.68 bits per heavy atom. The zero-order valence-electron chi connectivity index (χ0n) is 16.2. The number of anilines is 2. The summed E-state index contributed by atoms with van der Waals surface area (Å²) in [6.45, 7) is 3.49. The highest BCUT2D eigenvalue weighted by Crippen LogP contribution is 2.46. The maximum atomic E-state index is 9.96. The molecule has 28 heavy (non-hydrogen) atoms. The van der Waals surface area contributed by atoms with Gasteiger partial charge in [-0.15, -0.1) is 0 Å². The molecule has 3 heterocycles. The van der Waals surface area contributed by atoms with E-state index in [9.17, 15) is 5.11 Å². The summed E-state index contributed by atoms with van der Waals surface area (Å²) < 4.78 is 0. The smallest absolute Gasteiger partial charge is 0.153 e. The molecule has 4 rings (SSSR count). The SMILES string of the molecule is Cc1nc(N2CCC3(CCC[C@H]3N)CC2)c(CO)nc1-c1ccnc(N)c1Cl. The van der Waals surface area contributed by atoms with Crippen LogP contribution in [0.1, 0.15) is 43.5 Å². The van der Waals surface area contributed by atoms with Gasteiger partial charge in [0.15, 0.2) is 5.82 Å². The van der Waals surface area contributed by atoms with Gasteiger partial charge < -0.3 is 21.5 Å². The Labute approximate surface area is 170 Å². The number of hydrogen-bond acceptors (Lipinski definition) is 7. The molecular weight excluding hydrogens is 376 g/mol. The molecule has 1 saturated carbocycles. The summed E-state index contributed by atoms with van der Waals surface area (Å²) in [5, 5.41) is 10.3. The van der Waals surface area contributed by atoms with E-state index in [1.165, 1.54) is 12.8 Å². The lowest BCUT2D eigenvalue weighted by Gasteiger charge is -2.42. The third-order valence-electron chi connectivity index (χ3n) is 6.48. The zero-order chi connectivity index (χ0) is 19.9. The van der Waals surface area contributed by atoms with Crippen LogP contribution >= 0.6 is 11.6 Å². The molecule has 8 heteroatoms. The number of halogens is 1. The molecule has 7 nitrogen and oxygen atoms in total. The number of aliphatic hydroxyl groups is 1. The van der Waals surface area contributed by atoms with Crippen LogP contribution in [-0.2, 0) is 6.61 Å². The fraction of sp³-hybridized carbons (Fsp3) is 0.550. The van der Waals surface area contributed by atoms with Crippen molar-refractivity contribution < 1.29 is 5.11 Å². The van der Waals surface area contributed by atoms with Crippen molar-refractivity contribution >= 4 is 23.2 Å². The molecule has 0 aromatic carbocycles. The van der Waals surface area contributed by atoms with E-state index in [2.05, 4.69) is 9.88 Å². The lowest BCUT2D eigenvalue weighted by atomic mass is 9.74. The first-order valence-electron chi connectivity index (χ1n) is 9.84. The molecule has 1 aliphatic carbocycles. The van der Waals surface area contributed by atoms with E-state index >= 15 is 0 Å². The second kappa shape index (κ2) is 7.46. The van der Waals surface area contributed by atoms with Crippen LogP contribution in [0, 0.1) is 12.3 Å². The molecule has 1 atom stereocenters. The van der Waals surface area contributed by atoms with Crippen LogP contribution < -0.4 is 16.4 Å². The van der Waals surface area contributed by atoms with E-state index in [0.717, 1.165) is 43.9 Å². The highest BCUT2D eigenvalue weighted by molar-refractivity contribution is 6.35. The van der Waals surface area contributed by atoms with Crippen LogP contribution in [-0.4, -0.2) is 39.2 Å². The van der Waals surface area contributed by atoms with Gasteiger partial charge in [0.1, 0.15) is 11.5 Å². The molecule has 2 aromatic heterocycles. The van der Waals surface area contributed by atoms with Crippen molar-refractivity contribution in [3.05, 3.63) is 28.7 Å². The molecule has 1 aliphatic heterocycles. The van der Waals surface area contributed by atoms with Gasteiger partial charge in [0.05, 0.1) is 23.0 Å². The number of piperidine rings is 1. The van der Waals surface area contributed by atoms with E-state index < -0.39 is 0 Å². The minimum absolute atomic E-state index is 0.186. The van der Waals surface area contributed by atoms with E-state index in [1.807, 2.05) is 6.92 Å². The maximum Gasteiger partial charge on any atom is 0.153 e. The minimum atomic E-state index is -0.186. The van der Waals surface area contributed by atoms with Gasteiger partial charge in [0.25, 0.3) is 0 Å². The first-order valence-corrected chi connectivity index (χ1v) is 10.2. The molecule has 5 N–H and O–H groups in total. The van der Waals surface area contributed by atoms with Gasteiger partial charge in [-0.3, -0.25) is 0 Å². The van der Waals surface area contributed by atoms with Crippen LogP contribution in [0.5, 0.6) is 0 Å². The fourth-order valence-electron chi connectivity index (χ4n) is 4.75. The number of aliphatic hydroxyl groups excluding tert-OH is 1. The Hall–Kier alpha value is -1.96. The number of aryl methyl sites for hydroxylation is 1. The van der Waals surface area contributed by atoms with Gasteiger partial charge in [-0.05, 0) is 44.1 Å². The number of nitrogens with two attached hydrogens (primary N) is 2. The first kappa shape index (κ1) is 19.4. The second-order valence-corrected chi connectivity index (χ2v) is 8.37. The summed E-state index contributed by atoms with van der Waals surface area (Å²) in [4.78, 5) is 15.7. The standard InChI is InChI=1S/C20H27ClN6O/c1-12-17(13-4-8-24-18(23)16(13)21)26-14(11-28)19(25-12)27-9-6-20(7-10-27)5-2-3-15(20)22/h4,8,15,28H,2-3,5-7,9-11,22H2,1H3,(H2,23,24)/t15-/m1/s1. The number of aromatic nitrogens is 3. The lowest BCUT2D eigenvalue weighted by molar-refractivity contribution is 0.196. The Bertz CT molecular complexity index is 881. The largest absolute Gasteiger partial charge is 0.390 e. The molecule has 0 unspecified atom stereocenters. The lowest BCUT2D eigenvalue weighted by Crippen LogP contribution is -2.47. The number of nitrogens with zero attached hydrogens (tertiary/aromatic N) is 4. The highest BCUT2D eigenvalue weighted by atomic mass is 35.5. The van der Waals surface area contributed by atoms with Crippen molar-refractivity contribution in [2.24, 2.45) is 11.1 Å². The summed E-state index contributed by atoms with van der Waals surface area (Å²) in [6.07, 6.45) is 7.31. The van der Waals surface area contributed by atoms with Gasteiger partial charge in [0.2, 0.25) is 0 Å². The summed E-state index contributed by atoms with van der Waals surface area (Å²) in [7, 11) is 0. The van der Waals surface area contributed by atoms with E-state index in [0.29, 0.717) is 28.0 Å². The van der Waals surface area contributed by atoms with Crippen LogP contribution in [0.3, 0.4) is 0 Å². The minimum Gasteiger partial charge on any atom is -0.390 e. The van der Waals surface area contributed by atoms with Gasteiger partial charge in [-0.2, -0.15) is 0 Å². The normalized spacial score (nSPS) is 21.4. The third-order valence-corrected chi connectivity index (χ3v) is 6.87. The van der Waals surface area contributed by atoms with Crippen LogP contribution in [0.15, 0.2) is 12.3 Å². The number of nitrogen functional groups attached to an aromatic ring is 1. The summed E-state index contributed by atoms with van der Waals surface area (Å²) in [5.41, 5.74) is 15.1. The predicted molar refractivity (Wildman–Crippen MR) is 111 cm³/mol. The van der Waals surface area contributed by atoms with Crippen molar-refractivity contribution in [2.75, 3.05) is 23.7 Å². The third kappa shape index (κ3) is 3.21. The van der Waals surface area contributed by atoms with E-state index in [4.69, 9.17) is 33.0 Å². The first-order chi connectivity index (χ1) is 13.4. The van der Waals surface area contributed by atoms with Gasteiger partial charge in [-0.25, -0.2) is 15.0 Å². The Balaban J connectivity index is 1.64. The molecule has 1 spiro atoms. The number of rotatable bonds is 3. The fourth-order valence-corrected chi connectivity index (χ4v) is 4.95. The molecule has 2 aliphatic rings. The molecular formula is C20H27ClN6O. The van der Waals surface area contributed by atoms with E-state index in [1.54, 1.807) is 12.3 Å². The molecule has 2 fully saturated rings. The topological polar surface area (TPSA) is 114 Å². The molecule has 0 radical (unpaired) electrons. The number of hydrogen-bond donors (Lipinski definition) is 3. The zero-order valence-corrected chi connectivity index (χ0v) is 16.9. The second-order valence-electron chi connectivity index (χ2n) is 7.99. The molecule has 2 aromatic rings. The van der Waals surface area contributed by atoms with Crippen molar-refractivity contribution in [1.82, 2.24) is 15.0 Å². The molecule has 0 bridgehead atoms. The average Bonchev–Trinajstić information content (AvgIpc) is 3.04. The maximum absolute atomic E-state index is 9.96. The van der Waals surface area contributed by atoms with Crippen molar-refractivity contribution in [3.63, 3.8) is 0 Å². The quantitative estimate of drug-likeness (QED) is 0.722. The van der Waals surface area contributed by atoms with Crippen LogP contribution in [0.2, 0.25) is 5.02 Å². The summed E-state index contributed by atoms with van der Waals surface area (Å²) in [5.74, 6) is 1.01. The van der Waals surface area contributed by atoms with Crippen molar-refractivity contribution in [3.8, 4) is 11.3 Å². The molecule has 150 valence electrons. The molecule has 1 saturated heterocycles. The Morgan fingerprint density at radius 1 is 1.29 bits per heavy atom. The van der Waals surface area contributed by atoms with Gasteiger partial charge in [-0.1, -0.05) is 18.0 Å². The Kier molecular flexibility index (Phi) is 5.16. The van der Waals surface area contributed by atoms with Gasteiger partial charge >= 0.3 is 0 Å². The van der Waals surface area contributed by atoms with Crippen molar-refractivity contribution in [2.45, 2.75) is 51.7 Å². The van der Waals surface area contributed by atoms with Crippen LogP contribution in [0.4, 0.5) is 11.6 Å². The van der Waals surface area contributed by atoms with Gasteiger partial charge in [0, 0.05) is 30.9 Å². The predicted octanol–water partition coefficient (Wildman–Crippen LogP) is 2.67. The highest BCUT2D eigenvalue weighted by Gasteiger charge is 2.43. The summed E-state index contributed by atoms with van der Waals surface area (Å²) in [6, 6.07) is 2.07. The Morgan fingerprint density at radius 2 is 2.04 bits per heavy atom. The number of pyridine rings is 1. The monoisotopic (exact) mass is 402 g/mol. The van der Waals surface area contributed by atoms with Crippen LogP contribution in [0.25, 0.3) is 11.3 Å². The summed E-state index contributed by atoms with van der Waals surface area (Å²) >= 11 is 6.33. The average molecular weight is 403 g/mol. The van der Waals surface area contributed by atoms with E-state index in [-0.39, 0.29) is 17.8 Å².